The fourth-order valence-electron chi connectivity index (χ4n) is 3.52. The summed E-state index contributed by atoms with van der Waals surface area (Å²) in [6, 6.07) is 19.6. The Morgan fingerprint density at radius 3 is 2.16 bits per heavy atom. The second-order valence-corrected chi connectivity index (χ2v) is 10.1. The van der Waals surface area contributed by atoms with Crippen molar-refractivity contribution in [3.8, 4) is 0 Å². The molecular formula is C26H30N2O3S. The van der Waals surface area contributed by atoms with E-state index in [1.54, 1.807) is 36.4 Å². The molecule has 3 rings (SSSR count). The molecule has 3 aromatic rings. The van der Waals surface area contributed by atoms with E-state index in [1.165, 1.54) is 9.87 Å². The maximum atomic E-state index is 13.5. The van der Waals surface area contributed by atoms with Gasteiger partial charge in [-0.25, -0.2) is 8.42 Å². The Morgan fingerprint density at radius 2 is 1.53 bits per heavy atom. The maximum Gasteiger partial charge on any atom is 0.264 e. The number of carbonyl (C=O) groups is 1. The van der Waals surface area contributed by atoms with Crippen molar-refractivity contribution in [2.24, 2.45) is 0 Å². The van der Waals surface area contributed by atoms with Gasteiger partial charge in [-0.05, 0) is 75.1 Å². The summed E-state index contributed by atoms with van der Waals surface area (Å²) in [5.41, 5.74) is 5.53. The molecule has 0 aromatic heterocycles. The van der Waals surface area contributed by atoms with E-state index in [0.717, 1.165) is 22.3 Å². The summed E-state index contributed by atoms with van der Waals surface area (Å²) in [5, 5.41) is 2.95. The Labute approximate surface area is 191 Å². The largest absolute Gasteiger partial charge is 0.348 e. The van der Waals surface area contributed by atoms with Crippen LogP contribution in [0.4, 0.5) is 5.69 Å². The summed E-state index contributed by atoms with van der Waals surface area (Å²) in [5.74, 6) is -0.366. The monoisotopic (exact) mass is 450 g/mol. The van der Waals surface area contributed by atoms with E-state index in [4.69, 9.17) is 0 Å². The standard InChI is InChI=1S/C26H30N2O3S/c1-18-10-14-24(15-11-18)32(30,31)28(25-9-7-6-8-20(25)3)17-26(29)27-22(5)23-13-12-19(2)21(4)16-23/h6-16,22H,17H2,1-5H3,(H,27,29). The van der Waals surface area contributed by atoms with Gasteiger partial charge in [0.25, 0.3) is 10.0 Å². The van der Waals surface area contributed by atoms with E-state index in [1.807, 2.05) is 65.0 Å². The van der Waals surface area contributed by atoms with Crippen LogP contribution < -0.4 is 9.62 Å². The molecule has 0 radical (unpaired) electrons. The van der Waals surface area contributed by atoms with Crippen LogP contribution >= 0.6 is 0 Å². The maximum absolute atomic E-state index is 13.5. The molecule has 0 heterocycles. The number of nitrogens with zero attached hydrogens (tertiary/aromatic N) is 1. The molecule has 0 fully saturated rings. The highest BCUT2D eigenvalue weighted by Crippen LogP contribution is 2.27. The highest BCUT2D eigenvalue weighted by molar-refractivity contribution is 7.92. The third kappa shape index (κ3) is 5.19. The van der Waals surface area contributed by atoms with Crippen LogP contribution in [0.3, 0.4) is 0 Å². The molecule has 0 aliphatic carbocycles. The van der Waals surface area contributed by atoms with E-state index in [9.17, 15) is 13.2 Å². The SMILES string of the molecule is Cc1ccc(S(=O)(=O)N(CC(=O)NC(C)c2ccc(C)c(C)c2)c2ccccc2C)cc1. The van der Waals surface area contributed by atoms with E-state index in [-0.39, 0.29) is 23.4 Å². The number of para-hydroxylation sites is 1. The summed E-state index contributed by atoms with van der Waals surface area (Å²) in [6.07, 6.45) is 0. The average Bonchev–Trinajstić information content (AvgIpc) is 2.74. The summed E-state index contributed by atoms with van der Waals surface area (Å²) in [4.78, 5) is 13.1. The topological polar surface area (TPSA) is 66.5 Å². The molecule has 1 amide bonds. The first-order valence-corrected chi connectivity index (χ1v) is 12.0. The van der Waals surface area contributed by atoms with Crippen LogP contribution in [-0.4, -0.2) is 20.9 Å². The van der Waals surface area contributed by atoms with Crippen molar-refractivity contribution < 1.29 is 13.2 Å². The molecule has 1 unspecified atom stereocenters. The van der Waals surface area contributed by atoms with Gasteiger partial charge in [0.05, 0.1) is 16.6 Å². The van der Waals surface area contributed by atoms with Gasteiger partial charge in [0.15, 0.2) is 0 Å². The van der Waals surface area contributed by atoms with Gasteiger partial charge >= 0.3 is 0 Å². The lowest BCUT2D eigenvalue weighted by atomic mass is 10.0. The van der Waals surface area contributed by atoms with Crippen LogP contribution in [0.15, 0.2) is 71.6 Å². The zero-order valence-corrected chi connectivity index (χ0v) is 20.0. The Hall–Kier alpha value is -3.12. The minimum atomic E-state index is -3.93. The minimum Gasteiger partial charge on any atom is -0.348 e. The molecule has 5 nitrogen and oxygen atoms in total. The summed E-state index contributed by atoms with van der Waals surface area (Å²) < 4.78 is 28.2. The van der Waals surface area contributed by atoms with E-state index >= 15 is 0 Å². The average molecular weight is 451 g/mol. The smallest absolute Gasteiger partial charge is 0.264 e. The minimum absolute atomic E-state index is 0.154. The zero-order valence-electron chi connectivity index (χ0n) is 19.2. The Morgan fingerprint density at radius 1 is 0.875 bits per heavy atom. The highest BCUT2D eigenvalue weighted by Gasteiger charge is 2.28. The van der Waals surface area contributed by atoms with Crippen molar-refractivity contribution in [3.05, 3.63) is 94.5 Å². The van der Waals surface area contributed by atoms with Crippen LogP contribution in [0.25, 0.3) is 0 Å². The van der Waals surface area contributed by atoms with Gasteiger partial charge in [-0.15, -0.1) is 0 Å². The molecule has 0 bridgehead atoms. The number of carbonyl (C=O) groups excluding carboxylic acids is 1. The fourth-order valence-corrected chi connectivity index (χ4v) is 5.00. The molecular weight excluding hydrogens is 420 g/mol. The van der Waals surface area contributed by atoms with Gasteiger partial charge in [0.2, 0.25) is 5.91 Å². The molecule has 1 N–H and O–H groups in total. The second kappa shape index (κ2) is 9.57. The molecule has 0 aliphatic rings. The van der Waals surface area contributed by atoms with E-state index in [2.05, 4.69) is 5.32 Å². The fraction of sp³-hybridized carbons (Fsp3) is 0.269. The zero-order chi connectivity index (χ0) is 23.5. The molecule has 0 spiro atoms. The molecule has 6 heteroatoms. The first-order valence-electron chi connectivity index (χ1n) is 10.6. The third-order valence-corrected chi connectivity index (χ3v) is 7.46. The van der Waals surface area contributed by atoms with Gasteiger partial charge in [0, 0.05) is 0 Å². The van der Waals surface area contributed by atoms with E-state index in [0.29, 0.717) is 5.69 Å². The van der Waals surface area contributed by atoms with Crippen LogP contribution in [0, 0.1) is 27.7 Å². The number of rotatable bonds is 7. The van der Waals surface area contributed by atoms with Crippen molar-refractivity contribution in [3.63, 3.8) is 0 Å². The Bertz CT molecular complexity index is 1220. The van der Waals surface area contributed by atoms with Crippen molar-refractivity contribution >= 4 is 21.6 Å². The molecule has 168 valence electrons. The highest BCUT2D eigenvalue weighted by atomic mass is 32.2. The van der Waals surface area contributed by atoms with Gasteiger partial charge in [0.1, 0.15) is 6.54 Å². The third-order valence-electron chi connectivity index (χ3n) is 5.69. The van der Waals surface area contributed by atoms with Crippen LogP contribution in [0.1, 0.15) is 40.8 Å². The number of nitrogens with one attached hydrogen (secondary N) is 1. The van der Waals surface area contributed by atoms with Crippen molar-refractivity contribution in [2.75, 3.05) is 10.8 Å². The number of hydrogen-bond donors (Lipinski definition) is 1. The lowest BCUT2D eigenvalue weighted by Gasteiger charge is -2.26. The molecule has 1 atom stereocenters. The van der Waals surface area contributed by atoms with Crippen molar-refractivity contribution in [2.45, 2.75) is 45.6 Å². The molecule has 32 heavy (non-hydrogen) atoms. The molecule has 0 saturated carbocycles. The summed E-state index contributed by atoms with van der Waals surface area (Å²) >= 11 is 0. The lowest BCUT2D eigenvalue weighted by Crippen LogP contribution is -2.41. The predicted molar refractivity (Wildman–Crippen MR) is 129 cm³/mol. The number of hydrogen-bond acceptors (Lipinski definition) is 3. The number of amides is 1. The van der Waals surface area contributed by atoms with Crippen LogP contribution in [0.2, 0.25) is 0 Å². The molecule has 3 aromatic carbocycles. The number of benzene rings is 3. The summed E-state index contributed by atoms with van der Waals surface area (Å²) in [6.45, 7) is 9.39. The van der Waals surface area contributed by atoms with Gasteiger partial charge in [-0.3, -0.25) is 9.10 Å². The van der Waals surface area contributed by atoms with Gasteiger partial charge in [-0.2, -0.15) is 0 Å². The number of aryl methyl sites for hydroxylation is 4. The van der Waals surface area contributed by atoms with Crippen LogP contribution in [0.5, 0.6) is 0 Å². The quantitative estimate of drug-likeness (QED) is 0.551. The summed E-state index contributed by atoms with van der Waals surface area (Å²) in [7, 11) is -3.93. The van der Waals surface area contributed by atoms with Crippen LogP contribution in [-0.2, 0) is 14.8 Å². The molecule has 0 saturated heterocycles. The second-order valence-electron chi connectivity index (χ2n) is 8.24. The van der Waals surface area contributed by atoms with Gasteiger partial charge in [-0.1, -0.05) is 54.1 Å². The predicted octanol–water partition coefficient (Wildman–Crippen LogP) is 4.99. The lowest BCUT2D eigenvalue weighted by molar-refractivity contribution is -0.120. The van der Waals surface area contributed by atoms with Gasteiger partial charge < -0.3 is 5.32 Å². The van der Waals surface area contributed by atoms with Crippen molar-refractivity contribution in [1.29, 1.82) is 0 Å². The van der Waals surface area contributed by atoms with Crippen molar-refractivity contribution in [1.82, 2.24) is 5.32 Å². The number of sulfonamides is 1. The Balaban J connectivity index is 1.90. The Kier molecular flexibility index (Phi) is 7.04. The normalized spacial score (nSPS) is 12.3. The first-order chi connectivity index (χ1) is 15.1. The van der Waals surface area contributed by atoms with E-state index < -0.39 is 10.0 Å². The number of anilines is 1. The molecule has 0 aliphatic heterocycles. The first kappa shape index (κ1) is 23.5.